The predicted octanol–water partition coefficient (Wildman–Crippen LogP) is 2.32. The molecule has 0 radical (unpaired) electrons. The Morgan fingerprint density at radius 1 is 1.39 bits per heavy atom. The highest BCUT2D eigenvalue weighted by Gasteiger charge is 2.42. The molecule has 102 valence electrons. The van der Waals surface area contributed by atoms with Crippen LogP contribution in [0, 0.1) is 5.41 Å². The number of likely N-dealkylation sites (tertiary alicyclic amines) is 1. The minimum absolute atomic E-state index is 0.0293. The fourth-order valence-electron chi connectivity index (χ4n) is 2.72. The van der Waals surface area contributed by atoms with Crippen molar-refractivity contribution in [2.24, 2.45) is 5.41 Å². The SMILES string of the molecule is CC(C)(C)OC(=O)N1CCC2(CC=C[C@H]2O)CC1. The summed E-state index contributed by atoms with van der Waals surface area (Å²) < 4.78 is 5.36. The summed E-state index contributed by atoms with van der Waals surface area (Å²) in [4.78, 5) is 13.7. The molecule has 2 aliphatic rings. The normalized spacial score (nSPS) is 26.7. The van der Waals surface area contributed by atoms with E-state index in [0.717, 1.165) is 19.3 Å². The van der Waals surface area contributed by atoms with Crippen molar-refractivity contribution >= 4 is 6.09 Å². The molecule has 0 aromatic heterocycles. The lowest BCUT2D eigenvalue weighted by atomic mass is 9.75. The topological polar surface area (TPSA) is 49.8 Å². The Bertz CT molecular complexity index is 349. The van der Waals surface area contributed by atoms with E-state index in [1.807, 2.05) is 32.9 Å². The Morgan fingerprint density at radius 3 is 2.44 bits per heavy atom. The lowest BCUT2D eigenvalue weighted by Gasteiger charge is -2.41. The van der Waals surface area contributed by atoms with E-state index in [9.17, 15) is 9.90 Å². The van der Waals surface area contributed by atoms with E-state index in [0.29, 0.717) is 13.1 Å². The minimum Gasteiger partial charge on any atom is -0.444 e. The summed E-state index contributed by atoms with van der Waals surface area (Å²) in [5, 5.41) is 9.99. The number of allylic oxidation sites excluding steroid dienone is 1. The maximum Gasteiger partial charge on any atom is 0.410 e. The summed E-state index contributed by atoms with van der Waals surface area (Å²) in [6, 6.07) is 0. The van der Waals surface area contributed by atoms with E-state index < -0.39 is 5.60 Å². The Kier molecular flexibility index (Phi) is 3.41. The summed E-state index contributed by atoms with van der Waals surface area (Å²) in [6.45, 7) is 6.98. The Morgan fingerprint density at radius 2 is 2.00 bits per heavy atom. The number of carbonyl (C=O) groups is 1. The summed E-state index contributed by atoms with van der Waals surface area (Å²) in [6.07, 6.45) is 5.96. The number of hydrogen-bond acceptors (Lipinski definition) is 3. The zero-order valence-electron chi connectivity index (χ0n) is 11.5. The van der Waals surface area contributed by atoms with E-state index in [2.05, 4.69) is 0 Å². The van der Waals surface area contributed by atoms with Crippen LogP contribution < -0.4 is 0 Å². The smallest absolute Gasteiger partial charge is 0.410 e. The molecule has 0 bridgehead atoms. The molecule has 1 atom stereocenters. The van der Waals surface area contributed by atoms with Gasteiger partial charge in [-0.2, -0.15) is 0 Å². The first kappa shape index (κ1) is 13.4. The summed E-state index contributed by atoms with van der Waals surface area (Å²) in [7, 11) is 0. The zero-order valence-corrected chi connectivity index (χ0v) is 11.5. The van der Waals surface area contributed by atoms with E-state index in [-0.39, 0.29) is 17.6 Å². The van der Waals surface area contributed by atoms with Crippen molar-refractivity contribution in [2.45, 2.75) is 51.7 Å². The van der Waals surface area contributed by atoms with Gasteiger partial charge in [0.1, 0.15) is 5.60 Å². The summed E-state index contributed by atoms with van der Waals surface area (Å²) in [5.41, 5.74) is -0.473. The van der Waals surface area contributed by atoms with Crippen LogP contribution in [0.1, 0.15) is 40.0 Å². The number of aliphatic hydroxyl groups is 1. The summed E-state index contributed by atoms with van der Waals surface area (Å²) >= 11 is 0. The van der Waals surface area contributed by atoms with Gasteiger partial charge in [0.2, 0.25) is 0 Å². The molecule has 4 heteroatoms. The van der Waals surface area contributed by atoms with Gasteiger partial charge in [0.05, 0.1) is 6.10 Å². The molecule has 1 amide bonds. The Balaban J connectivity index is 1.89. The first-order chi connectivity index (χ1) is 8.32. The van der Waals surface area contributed by atoms with Crippen LogP contribution >= 0.6 is 0 Å². The first-order valence-electron chi connectivity index (χ1n) is 6.65. The second kappa shape index (κ2) is 4.57. The molecule has 1 spiro atoms. The molecule has 1 heterocycles. The van der Waals surface area contributed by atoms with Gasteiger partial charge < -0.3 is 14.7 Å². The maximum atomic E-state index is 11.9. The van der Waals surface area contributed by atoms with Crippen molar-refractivity contribution in [3.63, 3.8) is 0 Å². The van der Waals surface area contributed by atoms with Crippen molar-refractivity contribution in [1.82, 2.24) is 4.90 Å². The van der Waals surface area contributed by atoms with E-state index in [1.54, 1.807) is 4.90 Å². The average Bonchev–Trinajstić information content (AvgIpc) is 2.59. The van der Waals surface area contributed by atoms with Gasteiger partial charge in [0, 0.05) is 18.5 Å². The third-order valence-electron chi connectivity index (χ3n) is 3.88. The molecule has 0 unspecified atom stereocenters. The second-order valence-corrected chi connectivity index (χ2v) is 6.41. The molecular formula is C14H23NO3. The van der Waals surface area contributed by atoms with Crippen molar-refractivity contribution in [2.75, 3.05) is 13.1 Å². The molecule has 4 nitrogen and oxygen atoms in total. The van der Waals surface area contributed by atoms with Crippen LogP contribution in [0.25, 0.3) is 0 Å². The van der Waals surface area contributed by atoms with E-state index >= 15 is 0 Å². The lowest BCUT2D eigenvalue weighted by molar-refractivity contribution is -0.0108. The van der Waals surface area contributed by atoms with Crippen molar-refractivity contribution in [3.8, 4) is 0 Å². The lowest BCUT2D eigenvalue weighted by Crippen LogP contribution is -2.47. The number of rotatable bonds is 0. The van der Waals surface area contributed by atoms with Crippen molar-refractivity contribution < 1.29 is 14.6 Å². The average molecular weight is 253 g/mol. The van der Waals surface area contributed by atoms with Crippen LogP contribution in [0.3, 0.4) is 0 Å². The van der Waals surface area contributed by atoms with Gasteiger partial charge in [-0.25, -0.2) is 4.79 Å². The molecule has 0 aromatic rings. The standard InChI is InChI=1S/C14H23NO3/c1-13(2,3)18-12(17)15-9-7-14(8-10-15)6-4-5-11(14)16/h4-5,11,16H,6-10H2,1-3H3/t11-/m1/s1. The molecule has 0 aromatic carbocycles. The first-order valence-corrected chi connectivity index (χ1v) is 6.65. The molecule has 2 rings (SSSR count). The number of nitrogens with zero attached hydrogens (tertiary/aromatic N) is 1. The van der Waals surface area contributed by atoms with Gasteiger partial charge in [-0.15, -0.1) is 0 Å². The van der Waals surface area contributed by atoms with Crippen LogP contribution in [-0.2, 0) is 4.74 Å². The Labute approximate surface area is 109 Å². The predicted molar refractivity (Wildman–Crippen MR) is 69.2 cm³/mol. The van der Waals surface area contributed by atoms with Gasteiger partial charge in [0.25, 0.3) is 0 Å². The highest BCUT2D eigenvalue weighted by molar-refractivity contribution is 5.68. The highest BCUT2D eigenvalue weighted by atomic mass is 16.6. The highest BCUT2D eigenvalue weighted by Crippen LogP contribution is 2.43. The van der Waals surface area contributed by atoms with E-state index in [4.69, 9.17) is 4.74 Å². The fourth-order valence-corrected chi connectivity index (χ4v) is 2.72. The van der Waals surface area contributed by atoms with Gasteiger partial charge in [-0.05, 0) is 40.0 Å². The van der Waals surface area contributed by atoms with Crippen LogP contribution in [-0.4, -0.2) is 40.9 Å². The largest absolute Gasteiger partial charge is 0.444 e. The number of hydrogen-bond donors (Lipinski definition) is 1. The molecule has 1 N–H and O–H groups in total. The van der Waals surface area contributed by atoms with Crippen LogP contribution in [0.15, 0.2) is 12.2 Å². The van der Waals surface area contributed by atoms with Crippen LogP contribution in [0.2, 0.25) is 0 Å². The second-order valence-electron chi connectivity index (χ2n) is 6.41. The third-order valence-corrected chi connectivity index (χ3v) is 3.88. The number of amides is 1. The van der Waals surface area contributed by atoms with Crippen LogP contribution in [0.4, 0.5) is 4.79 Å². The molecule has 1 aliphatic heterocycles. The molecule has 1 saturated heterocycles. The van der Waals surface area contributed by atoms with Crippen molar-refractivity contribution in [3.05, 3.63) is 12.2 Å². The Hall–Kier alpha value is -1.03. The number of carbonyl (C=O) groups excluding carboxylic acids is 1. The van der Waals surface area contributed by atoms with Crippen LogP contribution in [0.5, 0.6) is 0 Å². The number of ether oxygens (including phenoxy) is 1. The zero-order chi connectivity index (χ0) is 13.4. The minimum atomic E-state index is -0.444. The quantitative estimate of drug-likeness (QED) is 0.674. The number of aliphatic hydroxyl groups excluding tert-OH is 1. The molecule has 1 fully saturated rings. The van der Waals surface area contributed by atoms with E-state index in [1.165, 1.54) is 0 Å². The fraction of sp³-hybridized carbons (Fsp3) is 0.786. The van der Waals surface area contributed by atoms with Gasteiger partial charge in [0.15, 0.2) is 0 Å². The third kappa shape index (κ3) is 2.69. The molecule has 18 heavy (non-hydrogen) atoms. The number of piperidine rings is 1. The van der Waals surface area contributed by atoms with Gasteiger partial charge >= 0.3 is 6.09 Å². The monoisotopic (exact) mass is 253 g/mol. The van der Waals surface area contributed by atoms with Gasteiger partial charge in [-0.3, -0.25) is 0 Å². The molecule has 1 aliphatic carbocycles. The molecule has 0 saturated carbocycles. The molecular weight excluding hydrogens is 230 g/mol. The summed E-state index contributed by atoms with van der Waals surface area (Å²) in [5.74, 6) is 0. The maximum absolute atomic E-state index is 11.9. The van der Waals surface area contributed by atoms with Gasteiger partial charge in [-0.1, -0.05) is 12.2 Å². The van der Waals surface area contributed by atoms with Crippen molar-refractivity contribution in [1.29, 1.82) is 0 Å².